The van der Waals surface area contributed by atoms with Crippen LogP contribution in [0, 0.1) is 22.7 Å². The van der Waals surface area contributed by atoms with Crippen LogP contribution in [0.25, 0.3) is 0 Å². The fraction of sp³-hybridized carbons (Fsp3) is 0.846. The van der Waals surface area contributed by atoms with E-state index >= 15 is 0 Å². The second-order valence-corrected chi connectivity index (χ2v) is 5.86. The van der Waals surface area contributed by atoms with Crippen LogP contribution in [0.1, 0.15) is 47.0 Å². The lowest BCUT2D eigenvalue weighted by molar-refractivity contribution is -0.137. The molecule has 0 heterocycles. The van der Waals surface area contributed by atoms with Gasteiger partial charge in [0.2, 0.25) is 0 Å². The molecule has 0 amide bonds. The first-order chi connectivity index (χ1) is 6.86. The molecule has 0 radical (unpaired) electrons. The highest BCUT2D eigenvalue weighted by Gasteiger charge is 2.67. The van der Waals surface area contributed by atoms with E-state index in [2.05, 4.69) is 20.8 Å². The number of hydrogen-bond acceptors (Lipinski definition) is 2. The van der Waals surface area contributed by atoms with Crippen molar-refractivity contribution in [2.75, 3.05) is 0 Å². The minimum Gasteiger partial charge on any atom is -0.299 e. The standard InChI is InChI=1S/C13H20O2/c1-5-9(14)10-8-6-7-13(4,11(10)15)12(8,2)3/h8,10H,5-7H2,1-4H3/t8-,10-,13+/m1/s1. The largest absolute Gasteiger partial charge is 0.299 e. The fourth-order valence-electron chi connectivity index (χ4n) is 3.68. The van der Waals surface area contributed by atoms with Gasteiger partial charge in [-0.2, -0.15) is 0 Å². The first-order valence-corrected chi connectivity index (χ1v) is 5.93. The number of fused-ring (bicyclic) bond motifs is 2. The van der Waals surface area contributed by atoms with Crippen LogP contribution in [-0.4, -0.2) is 11.6 Å². The van der Waals surface area contributed by atoms with E-state index in [1.54, 1.807) is 0 Å². The highest BCUT2D eigenvalue weighted by molar-refractivity contribution is 6.08. The van der Waals surface area contributed by atoms with Crippen LogP contribution in [0.4, 0.5) is 0 Å². The van der Waals surface area contributed by atoms with Crippen molar-refractivity contribution in [3.05, 3.63) is 0 Å². The Balaban J connectivity index is 2.42. The van der Waals surface area contributed by atoms with Gasteiger partial charge in [-0.3, -0.25) is 9.59 Å². The third-order valence-corrected chi connectivity index (χ3v) is 5.23. The molecule has 2 aliphatic carbocycles. The van der Waals surface area contributed by atoms with Gasteiger partial charge in [0.15, 0.2) is 0 Å². The quantitative estimate of drug-likeness (QED) is 0.654. The lowest BCUT2D eigenvalue weighted by Crippen LogP contribution is -2.35. The maximum absolute atomic E-state index is 12.3. The number of ketones is 2. The molecule has 2 nitrogen and oxygen atoms in total. The summed E-state index contributed by atoms with van der Waals surface area (Å²) in [5, 5.41) is 0. The Morgan fingerprint density at radius 1 is 1.40 bits per heavy atom. The van der Waals surface area contributed by atoms with Crippen molar-refractivity contribution < 1.29 is 9.59 Å². The Labute approximate surface area is 91.4 Å². The summed E-state index contributed by atoms with van der Waals surface area (Å²) in [7, 11) is 0. The summed E-state index contributed by atoms with van der Waals surface area (Å²) in [5.74, 6) is 0.378. The lowest BCUT2D eigenvalue weighted by atomic mass is 9.70. The van der Waals surface area contributed by atoms with Gasteiger partial charge in [0.25, 0.3) is 0 Å². The minimum atomic E-state index is -0.288. The summed E-state index contributed by atoms with van der Waals surface area (Å²) < 4.78 is 0. The molecular weight excluding hydrogens is 188 g/mol. The molecule has 0 N–H and O–H groups in total. The van der Waals surface area contributed by atoms with E-state index in [9.17, 15) is 9.59 Å². The van der Waals surface area contributed by atoms with E-state index in [4.69, 9.17) is 0 Å². The molecule has 0 aromatic rings. The molecule has 0 aromatic carbocycles. The molecule has 0 spiro atoms. The molecule has 2 aliphatic rings. The normalized spacial score (nSPS) is 42.3. The second kappa shape index (κ2) is 2.93. The highest BCUT2D eigenvalue weighted by atomic mass is 16.2. The van der Waals surface area contributed by atoms with Crippen molar-refractivity contribution in [2.24, 2.45) is 22.7 Å². The number of rotatable bonds is 2. The van der Waals surface area contributed by atoms with Crippen molar-refractivity contribution in [3.8, 4) is 0 Å². The Hall–Kier alpha value is -0.660. The summed E-state index contributed by atoms with van der Waals surface area (Å²) in [5.41, 5.74) is -0.229. The van der Waals surface area contributed by atoms with E-state index in [-0.39, 0.29) is 28.3 Å². The summed E-state index contributed by atoms with van der Waals surface area (Å²) in [6, 6.07) is 0. The van der Waals surface area contributed by atoms with Crippen molar-refractivity contribution in [3.63, 3.8) is 0 Å². The van der Waals surface area contributed by atoms with Crippen LogP contribution >= 0.6 is 0 Å². The molecule has 0 unspecified atom stereocenters. The monoisotopic (exact) mass is 208 g/mol. The average Bonchev–Trinajstić information content (AvgIpc) is 2.48. The summed E-state index contributed by atoms with van der Waals surface area (Å²) in [4.78, 5) is 24.1. The van der Waals surface area contributed by atoms with Crippen LogP contribution in [0.5, 0.6) is 0 Å². The predicted molar refractivity (Wildman–Crippen MR) is 58.4 cm³/mol. The highest BCUT2D eigenvalue weighted by Crippen LogP contribution is 2.65. The first kappa shape index (κ1) is 10.8. The molecule has 2 fully saturated rings. The smallest absolute Gasteiger partial charge is 0.150 e. The minimum absolute atomic E-state index is 0.0135. The van der Waals surface area contributed by atoms with Gasteiger partial charge in [-0.15, -0.1) is 0 Å². The van der Waals surface area contributed by atoms with E-state index in [1.807, 2.05) is 6.92 Å². The molecule has 2 bridgehead atoms. The second-order valence-electron chi connectivity index (χ2n) is 5.86. The molecule has 0 saturated heterocycles. The number of carbonyl (C=O) groups excluding carboxylic acids is 2. The van der Waals surface area contributed by atoms with Crippen LogP contribution in [0.2, 0.25) is 0 Å². The molecule has 2 heteroatoms. The zero-order valence-corrected chi connectivity index (χ0v) is 10.1. The van der Waals surface area contributed by atoms with E-state index in [1.165, 1.54) is 0 Å². The third kappa shape index (κ3) is 1.05. The zero-order chi connectivity index (χ0) is 11.4. The molecular formula is C13H20O2. The molecule has 2 saturated carbocycles. The van der Waals surface area contributed by atoms with Gasteiger partial charge in [-0.05, 0) is 24.2 Å². The number of carbonyl (C=O) groups is 2. The molecule has 15 heavy (non-hydrogen) atoms. The van der Waals surface area contributed by atoms with Gasteiger partial charge in [0.05, 0.1) is 5.92 Å². The number of Topliss-reactive ketones (excluding diaryl/α,β-unsaturated/α-hetero) is 2. The molecule has 2 rings (SSSR count). The van der Waals surface area contributed by atoms with E-state index in [0.29, 0.717) is 12.3 Å². The Morgan fingerprint density at radius 3 is 2.40 bits per heavy atom. The molecule has 3 atom stereocenters. The zero-order valence-electron chi connectivity index (χ0n) is 10.1. The lowest BCUT2D eigenvalue weighted by Gasteiger charge is -2.32. The molecule has 0 aromatic heterocycles. The van der Waals surface area contributed by atoms with Gasteiger partial charge >= 0.3 is 0 Å². The van der Waals surface area contributed by atoms with Gasteiger partial charge in [-0.1, -0.05) is 27.7 Å². The van der Waals surface area contributed by atoms with Gasteiger partial charge in [0, 0.05) is 11.8 Å². The predicted octanol–water partition coefficient (Wildman–Crippen LogP) is 2.61. The Morgan fingerprint density at radius 2 is 2.00 bits per heavy atom. The van der Waals surface area contributed by atoms with E-state index < -0.39 is 0 Å². The third-order valence-electron chi connectivity index (χ3n) is 5.23. The fourth-order valence-corrected chi connectivity index (χ4v) is 3.68. The number of hydrogen-bond donors (Lipinski definition) is 0. The molecule has 84 valence electrons. The SMILES string of the molecule is CCC(=O)[C@@H]1C(=O)[C@]2(C)CC[C@H]1C2(C)C. The Kier molecular flexibility index (Phi) is 2.12. The van der Waals surface area contributed by atoms with Crippen molar-refractivity contribution in [2.45, 2.75) is 47.0 Å². The maximum Gasteiger partial charge on any atom is 0.150 e. The van der Waals surface area contributed by atoms with Crippen LogP contribution < -0.4 is 0 Å². The van der Waals surface area contributed by atoms with Crippen LogP contribution in [-0.2, 0) is 9.59 Å². The van der Waals surface area contributed by atoms with Crippen LogP contribution in [0.15, 0.2) is 0 Å². The summed E-state index contributed by atoms with van der Waals surface area (Å²) in [6.45, 7) is 8.23. The average molecular weight is 208 g/mol. The maximum atomic E-state index is 12.3. The van der Waals surface area contributed by atoms with E-state index in [0.717, 1.165) is 12.8 Å². The van der Waals surface area contributed by atoms with Gasteiger partial charge < -0.3 is 0 Å². The molecule has 0 aliphatic heterocycles. The van der Waals surface area contributed by atoms with Gasteiger partial charge in [-0.25, -0.2) is 0 Å². The van der Waals surface area contributed by atoms with Crippen molar-refractivity contribution >= 4 is 11.6 Å². The first-order valence-electron chi connectivity index (χ1n) is 5.93. The summed E-state index contributed by atoms with van der Waals surface area (Å²) in [6.07, 6.45) is 2.52. The van der Waals surface area contributed by atoms with Gasteiger partial charge in [0.1, 0.15) is 11.6 Å². The van der Waals surface area contributed by atoms with Crippen molar-refractivity contribution in [1.82, 2.24) is 0 Å². The van der Waals surface area contributed by atoms with Crippen LogP contribution in [0.3, 0.4) is 0 Å². The Bertz CT molecular complexity index is 329. The topological polar surface area (TPSA) is 34.1 Å². The van der Waals surface area contributed by atoms with Crippen molar-refractivity contribution in [1.29, 1.82) is 0 Å². The summed E-state index contributed by atoms with van der Waals surface area (Å²) >= 11 is 0.